The largest absolute Gasteiger partial charge is 0.369 e. The molecule has 4 atom stereocenters. The maximum Gasteiger partial charge on any atom is 0.252 e. The lowest BCUT2D eigenvalue weighted by atomic mass is 9.75. The molecular formula is C26H33F2N5O. The smallest absolute Gasteiger partial charge is 0.252 e. The van der Waals surface area contributed by atoms with Crippen molar-refractivity contribution < 1.29 is 13.6 Å². The lowest BCUT2D eigenvalue weighted by molar-refractivity contribution is 0.0910. The number of nitrogens with zero attached hydrogens (tertiary/aromatic N) is 2. The van der Waals surface area contributed by atoms with Crippen LogP contribution in [0.4, 0.5) is 14.5 Å². The molecule has 2 aromatic rings. The van der Waals surface area contributed by atoms with Crippen LogP contribution in [-0.2, 0) is 6.42 Å². The van der Waals surface area contributed by atoms with Crippen molar-refractivity contribution >= 4 is 11.6 Å². The second kappa shape index (κ2) is 9.98. The average Bonchev–Trinajstić information content (AvgIpc) is 3.21. The summed E-state index contributed by atoms with van der Waals surface area (Å²) in [5.74, 6) is -0.607. The summed E-state index contributed by atoms with van der Waals surface area (Å²) in [6.45, 7) is 4.07. The molecule has 4 unspecified atom stereocenters. The Morgan fingerprint density at radius 1 is 1.00 bits per heavy atom. The number of carbonyl (C=O) groups is 1. The van der Waals surface area contributed by atoms with E-state index in [4.69, 9.17) is 0 Å². The van der Waals surface area contributed by atoms with Crippen LogP contribution in [-0.4, -0.2) is 56.2 Å². The molecule has 0 bridgehead atoms. The molecule has 1 saturated carbocycles. The van der Waals surface area contributed by atoms with Gasteiger partial charge < -0.3 is 15.1 Å². The number of benzene rings is 2. The highest BCUT2D eigenvalue weighted by atomic mass is 19.1. The third-order valence-corrected chi connectivity index (χ3v) is 7.59. The van der Waals surface area contributed by atoms with Crippen LogP contribution in [0, 0.1) is 23.5 Å². The van der Waals surface area contributed by atoms with E-state index >= 15 is 0 Å². The maximum absolute atomic E-state index is 13.6. The van der Waals surface area contributed by atoms with Gasteiger partial charge in [0, 0.05) is 55.5 Å². The minimum absolute atomic E-state index is 0.0980. The minimum atomic E-state index is -0.531. The second-order valence-electron chi connectivity index (χ2n) is 10.0. The van der Waals surface area contributed by atoms with Crippen molar-refractivity contribution in [2.45, 2.75) is 37.9 Å². The quantitative estimate of drug-likeness (QED) is 0.629. The predicted octanol–water partition coefficient (Wildman–Crippen LogP) is 2.91. The number of hydrogen-bond acceptors (Lipinski definition) is 5. The number of anilines is 1. The van der Waals surface area contributed by atoms with Gasteiger partial charge in [0.2, 0.25) is 0 Å². The van der Waals surface area contributed by atoms with E-state index in [1.54, 1.807) is 0 Å². The van der Waals surface area contributed by atoms with E-state index < -0.39 is 11.6 Å². The molecule has 5 rings (SSSR count). The molecule has 1 aliphatic carbocycles. The third-order valence-electron chi connectivity index (χ3n) is 7.59. The summed E-state index contributed by atoms with van der Waals surface area (Å²) in [4.78, 5) is 17.6. The summed E-state index contributed by atoms with van der Waals surface area (Å²) in [6.07, 6.45) is 3.30. The number of piperazine rings is 1. The molecule has 3 aliphatic rings. The Kier molecular flexibility index (Phi) is 6.81. The number of halogens is 2. The fraction of sp³-hybridized carbons (Fsp3) is 0.500. The van der Waals surface area contributed by atoms with Gasteiger partial charge in [-0.2, -0.15) is 0 Å². The number of hydrogen-bond donors (Lipinski definition) is 3. The van der Waals surface area contributed by atoms with E-state index in [1.807, 2.05) is 24.3 Å². The molecule has 2 aliphatic heterocycles. The zero-order chi connectivity index (χ0) is 23.7. The number of fused-ring (bicyclic) bond motifs is 1. The van der Waals surface area contributed by atoms with Crippen molar-refractivity contribution in [1.29, 1.82) is 0 Å². The van der Waals surface area contributed by atoms with Crippen LogP contribution in [0.1, 0.15) is 35.2 Å². The second-order valence-corrected chi connectivity index (χ2v) is 10.0. The van der Waals surface area contributed by atoms with Gasteiger partial charge in [-0.25, -0.2) is 14.2 Å². The zero-order valence-corrected chi connectivity index (χ0v) is 19.6. The summed E-state index contributed by atoms with van der Waals surface area (Å²) in [5, 5.41) is 3.15. The first-order chi connectivity index (χ1) is 16.4. The highest BCUT2D eigenvalue weighted by Gasteiger charge is 2.41. The van der Waals surface area contributed by atoms with Gasteiger partial charge in [0.1, 0.15) is 11.6 Å². The summed E-state index contributed by atoms with van der Waals surface area (Å²) in [5.41, 5.74) is 9.07. The fourth-order valence-electron chi connectivity index (χ4n) is 5.65. The van der Waals surface area contributed by atoms with E-state index in [0.717, 1.165) is 57.2 Å². The Labute approximate surface area is 199 Å². The van der Waals surface area contributed by atoms with Crippen LogP contribution in [0.2, 0.25) is 0 Å². The van der Waals surface area contributed by atoms with Crippen molar-refractivity contribution in [3.8, 4) is 0 Å². The Hall–Kier alpha value is -2.55. The Morgan fingerprint density at radius 3 is 2.41 bits per heavy atom. The Morgan fingerprint density at radius 2 is 1.71 bits per heavy atom. The number of amides is 1. The summed E-state index contributed by atoms with van der Waals surface area (Å²) in [7, 11) is 2.14. The van der Waals surface area contributed by atoms with Gasteiger partial charge in [-0.3, -0.25) is 10.2 Å². The Balaban J connectivity index is 1.18. The van der Waals surface area contributed by atoms with E-state index in [2.05, 4.69) is 33.0 Å². The van der Waals surface area contributed by atoms with Crippen LogP contribution in [0.25, 0.3) is 0 Å². The Bertz CT molecular complexity index is 989. The molecule has 1 amide bonds. The monoisotopic (exact) mass is 469 g/mol. The topological polar surface area (TPSA) is 59.6 Å². The molecule has 8 heteroatoms. The van der Waals surface area contributed by atoms with Crippen LogP contribution in [0.3, 0.4) is 0 Å². The van der Waals surface area contributed by atoms with Crippen molar-refractivity contribution in [3.63, 3.8) is 0 Å². The zero-order valence-electron chi connectivity index (χ0n) is 19.6. The van der Waals surface area contributed by atoms with Crippen LogP contribution < -0.4 is 21.1 Å². The molecule has 6 nitrogen and oxygen atoms in total. The molecule has 2 heterocycles. The highest BCUT2D eigenvalue weighted by Crippen LogP contribution is 2.35. The number of nitrogens with one attached hydrogen (secondary N) is 3. The molecule has 2 aromatic carbocycles. The first-order valence-corrected chi connectivity index (χ1v) is 12.2. The van der Waals surface area contributed by atoms with Crippen molar-refractivity contribution in [3.05, 3.63) is 65.2 Å². The SMILES string of the molecule is CN1CCN(c2ccc(C(=O)NC3NNC4CCC(Cc5cc(F)cc(F)c5)CC43)cc2)CC1. The summed E-state index contributed by atoms with van der Waals surface area (Å²) >= 11 is 0. The molecule has 0 radical (unpaired) electrons. The molecule has 3 N–H and O–H groups in total. The van der Waals surface area contributed by atoms with E-state index in [-0.39, 0.29) is 24.0 Å². The van der Waals surface area contributed by atoms with Crippen LogP contribution in [0.15, 0.2) is 42.5 Å². The van der Waals surface area contributed by atoms with Gasteiger partial charge >= 0.3 is 0 Å². The lowest BCUT2D eigenvalue weighted by Crippen LogP contribution is -2.47. The molecule has 0 aromatic heterocycles. The van der Waals surface area contributed by atoms with Crippen LogP contribution >= 0.6 is 0 Å². The highest BCUT2D eigenvalue weighted by molar-refractivity contribution is 5.94. The fourth-order valence-corrected chi connectivity index (χ4v) is 5.65. The summed E-state index contributed by atoms with van der Waals surface area (Å²) in [6, 6.07) is 11.9. The number of hydrazine groups is 1. The van der Waals surface area contributed by atoms with E-state index in [1.165, 1.54) is 12.1 Å². The maximum atomic E-state index is 13.6. The predicted molar refractivity (Wildman–Crippen MR) is 128 cm³/mol. The lowest BCUT2D eigenvalue weighted by Gasteiger charge is -2.34. The molecule has 34 heavy (non-hydrogen) atoms. The first kappa shape index (κ1) is 23.2. The molecule has 3 fully saturated rings. The van der Waals surface area contributed by atoms with E-state index in [9.17, 15) is 13.6 Å². The normalized spacial score (nSPS) is 27.4. The summed E-state index contributed by atoms with van der Waals surface area (Å²) < 4.78 is 27.2. The van der Waals surface area contributed by atoms with Crippen molar-refractivity contribution in [2.75, 3.05) is 38.1 Å². The van der Waals surface area contributed by atoms with Gasteiger partial charge in [0.25, 0.3) is 5.91 Å². The van der Waals surface area contributed by atoms with Gasteiger partial charge in [-0.1, -0.05) is 0 Å². The first-order valence-electron chi connectivity index (χ1n) is 12.2. The standard InChI is InChI=1S/C26H33F2N5O/c1-32-8-10-33(11-9-32)22-5-3-19(4-6-22)26(34)29-25-23-15-17(2-7-24(23)30-31-25)12-18-13-20(27)16-21(28)14-18/h3-6,13-14,16-17,23-25,30-31H,2,7-12,15H2,1H3,(H,29,34). The van der Waals surface area contributed by atoms with Gasteiger partial charge in [0.15, 0.2) is 0 Å². The number of rotatable bonds is 5. The van der Waals surface area contributed by atoms with Gasteiger partial charge in [-0.15, -0.1) is 0 Å². The molecule has 0 spiro atoms. The van der Waals surface area contributed by atoms with E-state index in [0.29, 0.717) is 23.5 Å². The molecular weight excluding hydrogens is 436 g/mol. The van der Waals surface area contributed by atoms with Crippen molar-refractivity contribution in [1.82, 2.24) is 21.1 Å². The minimum Gasteiger partial charge on any atom is -0.369 e. The average molecular weight is 470 g/mol. The third kappa shape index (κ3) is 5.24. The number of likely N-dealkylation sites (N-methyl/N-ethyl adjacent to an activating group) is 1. The number of carbonyl (C=O) groups excluding carboxylic acids is 1. The van der Waals surface area contributed by atoms with Crippen LogP contribution in [0.5, 0.6) is 0 Å². The molecule has 2 saturated heterocycles. The molecule has 182 valence electrons. The van der Waals surface area contributed by atoms with Gasteiger partial charge in [0.05, 0.1) is 6.17 Å². The van der Waals surface area contributed by atoms with Crippen molar-refractivity contribution in [2.24, 2.45) is 11.8 Å². The van der Waals surface area contributed by atoms with Gasteiger partial charge in [-0.05, 0) is 80.6 Å².